The fraction of sp³-hybridized carbons (Fsp3) is 0.333. The molecule has 0 saturated carbocycles. The molecule has 0 amide bonds. The Balaban J connectivity index is 1.42. The van der Waals surface area contributed by atoms with Crippen molar-refractivity contribution in [3.63, 3.8) is 0 Å². The van der Waals surface area contributed by atoms with E-state index in [1.54, 1.807) is 0 Å². The topological polar surface area (TPSA) is 43.0 Å². The highest BCUT2D eigenvalue weighted by molar-refractivity contribution is 6.33. The number of nitrogens with zero attached hydrogens (tertiary/aromatic N) is 1. The van der Waals surface area contributed by atoms with Crippen LogP contribution in [-0.2, 0) is 11.3 Å². The van der Waals surface area contributed by atoms with Gasteiger partial charge in [-0.25, -0.2) is 0 Å². The normalized spacial score (nSPS) is 16.3. The Morgan fingerprint density at radius 3 is 2.67 bits per heavy atom. The van der Waals surface area contributed by atoms with E-state index in [9.17, 15) is 0 Å². The van der Waals surface area contributed by atoms with Gasteiger partial charge in [0.1, 0.15) is 0 Å². The second-order valence-corrected chi connectivity index (χ2v) is 6.21. The lowest BCUT2D eigenvalue weighted by atomic mass is 10.2. The summed E-state index contributed by atoms with van der Waals surface area (Å²) in [5.74, 6) is 1.60. The molecule has 1 fully saturated rings. The van der Waals surface area contributed by atoms with Crippen molar-refractivity contribution in [3.05, 3.63) is 47.0 Å². The molecule has 2 aliphatic rings. The van der Waals surface area contributed by atoms with Gasteiger partial charge in [-0.05, 0) is 35.9 Å². The minimum Gasteiger partial charge on any atom is -0.454 e. The van der Waals surface area contributed by atoms with E-state index >= 15 is 0 Å². The van der Waals surface area contributed by atoms with Crippen molar-refractivity contribution in [1.29, 1.82) is 0 Å². The third-order valence-corrected chi connectivity index (χ3v) is 4.54. The van der Waals surface area contributed by atoms with Gasteiger partial charge in [-0.3, -0.25) is 0 Å². The summed E-state index contributed by atoms with van der Waals surface area (Å²) >= 11 is 6.46. The predicted octanol–water partition coefficient (Wildman–Crippen LogP) is 3.52. The highest BCUT2D eigenvalue weighted by atomic mass is 35.5. The summed E-state index contributed by atoms with van der Waals surface area (Å²) in [5, 5.41) is 4.16. The summed E-state index contributed by atoms with van der Waals surface area (Å²) < 4.78 is 16.1. The average Bonchev–Trinajstić information content (AvgIpc) is 3.08. The van der Waals surface area contributed by atoms with Crippen LogP contribution in [0.4, 0.5) is 11.4 Å². The van der Waals surface area contributed by atoms with Crippen LogP contribution >= 0.6 is 11.6 Å². The van der Waals surface area contributed by atoms with Crippen LogP contribution in [0.25, 0.3) is 0 Å². The van der Waals surface area contributed by atoms with Gasteiger partial charge in [0.05, 0.1) is 23.9 Å². The molecule has 2 aromatic rings. The van der Waals surface area contributed by atoms with Gasteiger partial charge < -0.3 is 24.4 Å². The zero-order valence-corrected chi connectivity index (χ0v) is 14.0. The second-order valence-electron chi connectivity index (χ2n) is 5.81. The van der Waals surface area contributed by atoms with Crippen LogP contribution in [0, 0.1) is 0 Å². The molecule has 0 radical (unpaired) electrons. The Morgan fingerprint density at radius 2 is 1.83 bits per heavy atom. The molecule has 0 spiro atoms. The monoisotopic (exact) mass is 346 g/mol. The molecule has 0 aliphatic carbocycles. The minimum absolute atomic E-state index is 0.296. The lowest BCUT2D eigenvalue weighted by Gasteiger charge is -2.29. The molecule has 4 rings (SSSR count). The number of rotatable bonds is 4. The fourth-order valence-corrected chi connectivity index (χ4v) is 3.23. The van der Waals surface area contributed by atoms with E-state index in [0.29, 0.717) is 13.3 Å². The van der Waals surface area contributed by atoms with Gasteiger partial charge >= 0.3 is 0 Å². The van der Waals surface area contributed by atoms with Gasteiger partial charge in [-0.2, -0.15) is 0 Å². The van der Waals surface area contributed by atoms with Gasteiger partial charge in [0.2, 0.25) is 6.79 Å². The van der Waals surface area contributed by atoms with E-state index in [2.05, 4.69) is 22.3 Å². The molecule has 6 heteroatoms. The Kier molecular flexibility index (Phi) is 4.36. The summed E-state index contributed by atoms with van der Waals surface area (Å²) in [4.78, 5) is 2.26. The first kappa shape index (κ1) is 15.4. The SMILES string of the molecule is Clc1cc(NCc2ccc3c(c2)OCO3)ccc1N1CCOCC1. The van der Waals surface area contributed by atoms with Crippen LogP contribution in [0.15, 0.2) is 36.4 Å². The Bertz CT molecular complexity index is 732. The van der Waals surface area contributed by atoms with E-state index in [1.165, 1.54) is 0 Å². The van der Waals surface area contributed by atoms with Crippen molar-refractivity contribution >= 4 is 23.0 Å². The third-order valence-electron chi connectivity index (χ3n) is 4.23. The second kappa shape index (κ2) is 6.79. The molecule has 0 aromatic heterocycles. The fourth-order valence-electron chi connectivity index (χ4n) is 2.93. The van der Waals surface area contributed by atoms with Gasteiger partial charge in [0.25, 0.3) is 0 Å². The summed E-state index contributed by atoms with van der Waals surface area (Å²) in [6.45, 7) is 4.25. The number of hydrogen-bond acceptors (Lipinski definition) is 5. The number of nitrogens with one attached hydrogen (secondary N) is 1. The molecule has 0 unspecified atom stereocenters. The highest BCUT2D eigenvalue weighted by Gasteiger charge is 2.15. The van der Waals surface area contributed by atoms with Crippen LogP contribution in [0.5, 0.6) is 11.5 Å². The number of morpholine rings is 1. The van der Waals surface area contributed by atoms with Crippen LogP contribution in [0.3, 0.4) is 0 Å². The van der Waals surface area contributed by atoms with Crippen LogP contribution < -0.4 is 19.7 Å². The Hall–Kier alpha value is -2.11. The largest absolute Gasteiger partial charge is 0.454 e. The molecule has 5 nitrogen and oxygen atoms in total. The summed E-state index contributed by atoms with van der Waals surface area (Å²) in [5.41, 5.74) is 3.19. The van der Waals surface area contributed by atoms with Crippen LogP contribution in [0.2, 0.25) is 5.02 Å². The van der Waals surface area contributed by atoms with E-state index < -0.39 is 0 Å². The number of fused-ring (bicyclic) bond motifs is 1. The molecule has 2 aliphatic heterocycles. The molecular formula is C18H19ClN2O3. The molecule has 2 heterocycles. The first-order valence-corrected chi connectivity index (χ1v) is 8.42. The van der Waals surface area contributed by atoms with Gasteiger partial charge in [-0.15, -0.1) is 0 Å². The van der Waals surface area contributed by atoms with E-state index in [4.69, 9.17) is 25.8 Å². The molecule has 0 bridgehead atoms. The molecule has 0 atom stereocenters. The quantitative estimate of drug-likeness (QED) is 0.917. The lowest BCUT2D eigenvalue weighted by Crippen LogP contribution is -2.36. The third kappa shape index (κ3) is 3.23. The molecule has 1 N–H and O–H groups in total. The molecule has 126 valence electrons. The first-order valence-electron chi connectivity index (χ1n) is 8.04. The van der Waals surface area contributed by atoms with Crippen molar-refractivity contribution in [3.8, 4) is 11.5 Å². The van der Waals surface area contributed by atoms with Crippen molar-refractivity contribution in [2.24, 2.45) is 0 Å². The average molecular weight is 347 g/mol. The summed E-state index contributed by atoms with van der Waals surface area (Å²) in [7, 11) is 0. The molecular weight excluding hydrogens is 328 g/mol. The van der Waals surface area contributed by atoms with E-state index in [0.717, 1.165) is 59.8 Å². The van der Waals surface area contributed by atoms with Gasteiger partial charge in [0, 0.05) is 25.3 Å². The Labute approximate surface area is 146 Å². The molecule has 1 saturated heterocycles. The van der Waals surface area contributed by atoms with Crippen LogP contribution in [0.1, 0.15) is 5.56 Å². The molecule has 2 aromatic carbocycles. The van der Waals surface area contributed by atoms with E-state index in [-0.39, 0.29) is 0 Å². The number of benzene rings is 2. The van der Waals surface area contributed by atoms with Crippen molar-refractivity contribution in [1.82, 2.24) is 0 Å². The minimum atomic E-state index is 0.296. The number of hydrogen-bond donors (Lipinski definition) is 1. The maximum Gasteiger partial charge on any atom is 0.231 e. The van der Waals surface area contributed by atoms with Gasteiger partial charge in [0.15, 0.2) is 11.5 Å². The summed E-state index contributed by atoms with van der Waals surface area (Å²) in [6.07, 6.45) is 0. The number of halogens is 1. The van der Waals surface area contributed by atoms with Crippen molar-refractivity contribution in [2.75, 3.05) is 43.3 Å². The number of anilines is 2. The zero-order valence-electron chi connectivity index (χ0n) is 13.3. The Morgan fingerprint density at radius 1 is 1.00 bits per heavy atom. The standard InChI is InChI=1S/C18H19ClN2O3/c19-15-10-14(2-3-16(15)21-5-7-22-8-6-21)20-11-13-1-4-17-18(9-13)24-12-23-17/h1-4,9-10,20H,5-8,11-12H2. The van der Waals surface area contributed by atoms with Crippen molar-refractivity contribution in [2.45, 2.75) is 6.54 Å². The predicted molar refractivity (Wildman–Crippen MR) is 94.4 cm³/mol. The summed E-state index contributed by atoms with van der Waals surface area (Å²) in [6, 6.07) is 12.1. The maximum atomic E-state index is 6.46. The number of ether oxygens (including phenoxy) is 3. The highest BCUT2D eigenvalue weighted by Crippen LogP contribution is 2.33. The first-order chi connectivity index (χ1) is 11.8. The van der Waals surface area contributed by atoms with Crippen molar-refractivity contribution < 1.29 is 14.2 Å². The lowest BCUT2D eigenvalue weighted by molar-refractivity contribution is 0.122. The van der Waals surface area contributed by atoms with Crippen LogP contribution in [-0.4, -0.2) is 33.1 Å². The van der Waals surface area contributed by atoms with Gasteiger partial charge in [-0.1, -0.05) is 17.7 Å². The van der Waals surface area contributed by atoms with E-state index in [1.807, 2.05) is 24.3 Å². The molecule has 24 heavy (non-hydrogen) atoms. The zero-order chi connectivity index (χ0) is 16.4. The maximum absolute atomic E-state index is 6.46. The smallest absolute Gasteiger partial charge is 0.231 e.